The van der Waals surface area contributed by atoms with Crippen molar-refractivity contribution in [3.63, 3.8) is 0 Å². The summed E-state index contributed by atoms with van der Waals surface area (Å²) in [6.07, 6.45) is 0.534. The minimum absolute atomic E-state index is 0.129. The fourth-order valence-corrected chi connectivity index (χ4v) is 1.92. The molecule has 0 fully saturated rings. The van der Waals surface area contributed by atoms with E-state index in [1.54, 1.807) is 0 Å². The molecule has 1 aromatic carbocycles. The van der Waals surface area contributed by atoms with Gasteiger partial charge in [-0.2, -0.15) is 0 Å². The number of carbonyl (C=O) groups excluding carboxylic acids is 1. The first-order chi connectivity index (χ1) is 5.75. The molecule has 0 saturated carbocycles. The Kier molecular flexibility index (Phi) is 2.04. The Morgan fingerprint density at radius 2 is 2.17 bits per heavy atom. The quantitative estimate of drug-likeness (QED) is 0.712. The van der Waals surface area contributed by atoms with Crippen LogP contribution in [-0.4, -0.2) is 5.91 Å². The molecule has 12 heavy (non-hydrogen) atoms. The Balaban J connectivity index is 2.44. The molecule has 1 aromatic rings. The molecule has 1 amide bonds. The van der Waals surface area contributed by atoms with Gasteiger partial charge in [0.2, 0.25) is 5.91 Å². The molecule has 2 nitrogen and oxygen atoms in total. The fourth-order valence-electron chi connectivity index (χ4n) is 1.36. The zero-order chi connectivity index (χ0) is 8.55. The Bertz CT molecular complexity index is 335. The van der Waals surface area contributed by atoms with Gasteiger partial charge in [0.15, 0.2) is 0 Å². The van der Waals surface area contributed by atoms with Gasteiger partial charge in [-0.15, -0.1) is 0 Å². The SMILES string of the molecule is O=C1Cc2cc(I)ccc2CN1. The highest BCUT2D eigenvalue weighted by atomic mass is 127. The zero-order valence-electron chi connectivity index (χ0n) is 6.43. The van der Waals surface area contributed by atoms with Crippen LogP contribution in [0.5, 0.6) is 0 Å². The van der Waals surface area contributed by atoms with E-state index in [-0.39, 0.29) is 5.91 Å². The standard InChI is InChI=1S/C9H8INO/c10-8-2-1-6-5-11-9(12)4-7(6)3-8/h1-3H,4-5H2,(H,11,12). The molecular formula is C9H8INO. The molecule has 62 valence electrons. The van der Waals surface area contributed by atoms with Crippen LogP contribution in [0.3, 0.4) is 0 Å². The van der Waals surface area contributed by atoms with Crippen molar-refractivity contribution in [2.24, 2.45) is 0 Å². The third kappa shape index (κ3) is 1.46. The summed E-state index contributed by atoms with van der Waals surface area (Å²) < 4.78 is 1.20. The molecule has 1 N–H and O–H groups in total. The van der Waals surface area contributed by atoms with Gasteiger partial charge < -0.3 is 5.32 Å². The molecule has 0 radical (unpaired) electrons. The number of hydrogen-bond donors (Lipinski definition) is 1. The molecule has 1 heterocycles. The van der Waals surface area contributed by atoms with Crippen LogP contribution in [0.25, 0.3) is 0 Å². The van der Waals surface area contributed by atoms with Gasteiger partial charge in [-0.3, -0.25) is 4.79 Å². The molecule has 0 bridgehead atoms. The normalized spacial score (nSPS) is 15.2. The summed E-state index contributed by atoms with van der Waals surface area (Å²) in [6, 6.07) is 6.22. The first kappa shape index (κ1) is 8.04. The van der Waals surface area contributed by atoms with Crippen LogP contribution in [0.2, 0.25) is 0 Å². The molecule has 1 aliphatic rings. The zero-order valence-corrected chi connectivity index (χ0v) is 8.59. The number of halogens is 1. The van der Waals surface area contributed by atoms with Gasteiger partial charge in [-0.1, -0.05) is 6.07 Å². The second-order valence-corrected chi connectivity index (χ2v) is 4.11. The van der Waals surface area contributed by atoms with Crippen LogP contribution < -0.4 is 5.32 Å². The van der Waals surface area contributed by atoms with E-state index in [1.807, 2.05) is 0 Å². The first-order valence-electron chi connectivity index (χ1n) is 3.80. The van der Waals surface area contributed by atoms with E-state index >= 15 is 0 Å². The third-order valence-corrected chi connectivity index (χ3v) is 2.67. The summed E-state index contributed by atoms with van der Waals surface area (Å²) in [5.74, 6) is 0.129. The van der Waals surface area contributed by atoms with E-state index in [4.69, 9.17) is 0 Å². The van der Waals surface area contributed by atoms with Crippen molar-refractivity contribution < 1.29 is 4.79 Å². The predicted molar refractivity (Wildman–Crippen MR) is 54.7 cm³/mol. The Hall–Kier alpha value is -0.580. The molecule has 1 aliphatic heterocycles. The summed E-state index contributed by atoms with van der Waals surface area (Å²) in [6.45, 7) is 0.686. The number of nitrogens with one attached hydrogen (secondary N) is 1. The van der Waals surface area contributed by atoms with Crippen LogP contribution >= 0.6 is 22.6 Å². The van der Waals surface area contributed by atoms with E-state index in [0.717, 1.165) is 0 Å². The van der Waals surface area contributed by atoms with Gasteiger partial charge in [-0.05, 0) is 45.9 Å². The number of fused-ring (bicyclic) bond motifs is 1. The topological polar surface area (TPSA) is 29.1 Å². The molecule has 2 rings (SSSR count). The maximum absolute atomic E-state index is 11.0. The Morgan fingerprint density at radius 1 is 1.33 bits per heavy atom. The average molecular weight is 273 g/mol. The van der Waals surface area contributed by atoms with Crippen LogP contribution in [0.4, 0.5) is 0 Å². The number of benzene rings is 1. The largest absolute Gasteiger partial charge is 0.352 e. The molecule has 0 aliphatic carbocycles. The van der Waals surface area contributed by atoms with Crippen molar-refractivity contribution in [1.82, 2.24) is 5.32 Å². The van der Waals surface area contributed by atoms with Crippen LogP contribution in [0.15, 0.2) is 18.2 Å². The van der Waals surface area contributed by atoms with Crippen LogP contribution in [-0.2, 0) is 17.8 Å². The minimum atomic E-state index is 0.129. The van der Waals surface area contributed by atoms with Crippen molar-refractivity contribution in [2.45, 2.75) is 13.0 Å². The molecule has 0 unspecified atom stereocenters. The van der Waals surface area contributed by atoms with Gasteiger partial charge in [0.05, 0.1) is 6.42 Å². The third-order valence-electron chi connectivity index (χ3n) is 2.00. The predicted octanol–water partition coefficient (Wildman–Crippen LogP) is 1.46. The highest BCUT2D eigenvalue weighted by Gasteiger charge is 2.13. The smallest absolute Gasteiger partial charge is 0.224 e. The molecule has 0 aromatic heterocycles. The molecule has 0 saturated heterocycles. The minimum Gasteiger partial charge on any atom is -0.352 e. The maximum Gasteiger partial charge on any atom is 0.224 e. The van der Waals surface area contributed by atoms with Gasteiger partial charge in [0.1, 0.15) is 0 Å². The van der Waals surface area contributed by atoms with E-state index in [9.17, 15) is 4.79 Å². The summed E-state index contributed by atoms with van der Waals surface area (Å²) >= 11 is 2.26. The number of carbonyl (C=O) groups is 1. The first-order valence-corrected chi connectivity index (χ1v) is 4.87. The lowest BCUT2D eigenvalue weighted by molar-refractivity contribution is -0.121. The van der Waals surface area contributed by atoms with Gasteiger partial charge in [0.25, 0.3) is 0 Å². The summed E-state index contributed by atoms with van der Waals surface area (Å²) in [7, 11) is 0. The van der Waals surface area contributed by atoms with Crippen molar-refractivity contribution in [2.75, 3.05) is 0 Å². The van der Waals surface area contributed by atoms with E-state index < -0.39 is 0 Å². The highest BCUT2D eigenvalue weighted by molar-refractivity contribution is 14.1. The lowest BCUT2D eigenvalue weighted by Crippen LogP contribution is -2.30. The molecule has 0 spiro atoms. The molecule has 0 atom stereocenters. The number of amides is 1. The number of hydrogen-bond acceptors (Lipinski definition) is 1. The van der Waals surface area contributed by atoms with E-state index in [0.29, 0.717) is 13.0 Å². The monoisotopic (exact) mass is 273 g/mol. The molecular weight excluding hydrogens is 265 g/mol. The van der Waals surface area contributed by atoms with Crippen molar-refractivity contribution in [3.05, 3.63) is 32.9 Å². The second kappa shape index (κ2) is 3.05. The van der Waals surface area contributed by atoms with Crippen molar-refractivity contribution in [1.29, 1.82) is 0 Å². The lowest BCUT2D eigenvalue weighted by atomic mass is 10.0. The van der Waals surface area contributed by atoms with Gasteiger partial charge in [-0.25, -0.2) is 0 Å². The fraction of sp³-hybridized carbons (Fsp3) is 0.222. The second-order valence-electron chi connectivity index (χ2n) is 2.87. The Morgan fingerprint density at radius 3 is 3.00 bits per heavy atom. The Labute approximate surface area is 84.5 Å². The molecule has 3 heteroatoms. The van der Waals surface area contributed by atoms with Gasteiger partial charge in [0, 0.05) is 10.1 Å². The van der Waals surface area contributed by atoms with E-state index in [1.165, 1.54) is 14.7 Å². The van der Waals surface area contributed by atoms with Gasteiger partial charge >= 0.3 is 0 Å². The summed E-state index contributed by atoms with van der Waals surface area (Å²) in [5, 5.41) is 2.82. The maximum atomic E-state index is 11.0. The lowest BCUT2D eigenvalue weighted by Gasteiger charge is -2.16. The van der Waals surface area contributed by atoms with E-state index in [2.05, 4.69) is 46.1 Å². The highest BCUT2D eigenvalue weighted by Crippen LogP contribution is 2.17. The van der Waals surface area contributed by atoms with Crippen LogP contribution in [0.1, 0.15) is 11.1 Å². The summed E-state index contributed by atoms with van der Waals surface area (Å²) in [4.78, 5) is 11.0. The van der Waals surface area contributed by atoms with Crippen molar-refractivity contribution >= 4 is 28.5 Å². The average Bonchev–Trinajstić information content (AvgIpc) is 2.03. The van der Waals surface area contributed by atoms with Crippen molar-refractivity contribution in [3.8, 4) is 0 Å². The van der Waals surface area contributed by atoms with Crippen LogP contribution in [0, 0.1) is 3.57 Å². The number of rotatable bonds is 0. The summed E-state index contributed by atoms with van der Waals surface area (Å²) in [5.41, 5.74) is 2.42.